The Morgan fingerprint density at radius 3 is 2.47 bits per heavy atom. The first-order valence-corrected chi connectivity index (χ1v) is 8.50. The minimum Gasteiger partial charge on any atom is -0.200 e. The molecule has 2 rings (SSSR count). The lowest BCUT2D eigenvalue weighted by Crippen LogP contribution is -2.18. The lowest BCUT2D eigenvalue weighted by atomic mass is 10.4. The Morgan fingerprint density at radius 2 is 1.89 bits per heavy atom. The maximum Gasteiger partial charge on any atom is 0.276 e. The fraction of sp³-hybridized carbons (Fsp3) is 0. The van der Waals surface area contributed by atoms with E-state index in [1.807, 2.05) is 0 Å². The third kappa shape index (κ3) is 4.04. The smallest absolute Gasteiger partial charge is 0.200 e. The minimum atomic E-state index is -3.64. The van der Waals surface area contributed by atoms with Gasteiger partial charge in [0.1, 0.15) is 0 Å². The second-order valence-corrected chi connectivity index (χ2v) is 7.77. The van der Waals surface area contributed by atoms with E-state index >= 15 is 0 Å². The summed E-state index contributed by atoms with van der Waals surface area (Å²) in [6.07, 6.45) is 1.41. The zero-order chi connectivity index (χ0) is 13.9. The van der Waals surface area contributed by atoms with Crippen LogP contribution in [0.1, 0.15) is 4.88 Å². The maximum absolute atomic E-state index is 11.9. The van der Waals surface area contributed by atoms with Gasteiger partial charge in [0.2, 0.25) is 0 Å². The van der Waals surface area contributed by atoms with Crippen LogP contribution in [0.25, 0.3) is 0 Å². The number of thiophene rings is 1. The summed E-state index contributed by atoms with van der Waals surface area (Å²) >= 11 is 10.3. The van der Waals surface area contributed by atoms with Gasteiger partial charge in [-0.25, -0.2) is 4.83 Å². The van der Waals surface area contributed by atoms with Gasteiger partial charge in [-0.05, 0) is 36.4 Å². The van der Waals surface area contributed by atoms with Gasteiger partial charge >= 0.3 is 0 Å². The first kappa shape index (κ1) is 14.5. The molecule has 0 bridgehead atoms. The van der Waals surface area contributed by atoms with E-state index < -0.39 is 10.0 Å². The van der Waals surface area contributed by atoms with Crippen LogP contribution in [0.5, 0.6) is 0 Å². The monoisotopic (exact) mass is 378 g/mol. The van der Waals surface area contributed by atoms with Crippen molar-refractivity contribution in [3.63, 3.8) is 0 Å². The summed E-state index contributed by atoms with van der Waals surface area (Å²) in [5.41, 5.74) is 0. The second kappa shape index (κ2) is 6.04. The van der Waals surface area contributed by atoms with Crippen molar-refractivity contribution in [2.24, 2.45) is 5.10 Å². The molecule has 0 saturated heterocycles. The minimum absolute atomic E-state index is 0.150. The van der Waals surface area contributed by atoms with E-state index in [4.69, 9.17) is 11.6 Å². The van der Waals surface area contributed by atoms with Crippen molar-refractivity contribution in [3.05, 3.63) is 50.1 Å². The highest BCUT2D eigenvalue weighted by molar-refractivity contribution is 9.10. The van der Waals surface area contributed by atoms with Crippen LogP contribution in [0.4, 0.5) is 0 Å². The summed E-state index contributed by atoms with van der Waals surface area (Å²) in [7, 11) is -3.64. The lowest BCUT2D eigenvalue weighted by Gasteiger charge is -2.02. The van der Waals surface area contributed by atoms with Crippen LogP contribution in [-0.4, -0.2) is 14.6 Å². The average molecular weight is 380 g/mol. The molecule has 2 aromatic rings. The van der Waals surface area contributed by atoms with Crippen LogP contribution in [0.15, 0.2) is 50.9 Å². The fourth-order valence-corrected chi connectivity index (χ4v) is 3.21. The standard InChI is InChI=1S/C11H8BrClN2O2S2/c12-8-1-4-10(5-2-8)19(16,17)15-14-7-9-3-6-11(13)18-9/h1-7,15H. The lowest BCUT2D eigenvalue weighted by molar-refractivity contribution is 0.584. The molecule has 1 heterocycles. The van der Waals surface area contributed by atoms with Crippen LogP contribution < -0.4 is 4.83 Å². The van der Waals surface area contributed by atoms with Crippen molar-refractivity contribution in [2.45, 2.75) is 4.90 Å². The molecule has 1 aromatic carbocycles. The van der Waals surface area contributed by atoms with Crippen LogP contribution in [-0.2, 0) is 10.0 Å². The summed E-state index contributed by atoms with van der Waals surface area (Å²) in [6, 6.07) is 9.75. The first-order valence-electron chi connectivity index (χ1n) is 5.03. The number of rotatable bonds is 4. The van der Waals surface area contributed by atoms with Gasteiger partial charge < -0.3 is 0 Å². The van der Waals surface area contributed by atoms with Crippen LogP contribution in [0, 0.1) is 0 Å². The highest BCUT2D eigenvalue weighted by atomic mass is 79.9. The molecule has 1 aromatic heterocycles. The third-order valence-electron chi connectivity index (χ3n) is 2.08. The van der Waals surface area contributed by atoms with Crippen LogP contribution in [0.3, 0.4) is 0 Å². The molecule has 0 spiro atoms. The number of sulfonamides is 1. The first-order chi connectivity index (χ1) is 8.97. The molecule has 0 saturated carbocycles. The Labute approximate surface area is 128 Å². The van der Waals surface area contributed by atoms with Gasteiger partial charge in [0.05, 0.1) is 15.4 Å². The fourth-order valence-electron chi connectivity index (χ4n) is 1.22. The van der Waals surface area contributed by atoms with Gasteiger partial charge in [-0.2, -0.15) is 13.5 Å². The summed E-state index contributed by atoms with van der Waals surface area (Å²) in [6.45, 7) is 0. The SMILES string of the molecule is O=S(=O)(NN=Cc1ccc(Cl)s1)c1ccc(Br)cc1. The van der Waals surface area contributed by atoms with Gasteiger partial charge in [0, 0.05) is 9.35 Å². The van der Waals surface area contributed by atoms with Crippen molar-refractivity contribution in [3.8, 4) is 0 Å². The molecule has 0 aliphatic carbocycles. The van der Waals surface area contributed by atoms with Crippen molar-refractivity contribution >= 4 is 55.1 Å². The second-order valence-electron chi connectivity index (χ2n) is 3.45. The highest BCUT2D eigenvalue weighted by Crippen LogP contribution is 2.19. The molecule has 0 amide bonds. The molecule has 19 heavy (non-hydrogen) atoms. The molecule has 0 unspecified atom stereocenters. The van der Waals surface area contributed by atoms with E-state index in [0.29, 0.717) is 4.34 Å². The molecule has 4 nitrogen and oxygen atoms in total. The van der Waals surface area contributed by atoms with Crippen molar-refractivity contribution in [1.82, 2.24) is 4.83 Å². The Kier molecular flexibility index (Phi) is 4.62. The predicted octanol–water partition coefficient (Wildman–Crippen LogP) is 3.48. The highest BCUT2D eigenvalue weighted by Gasteiger charge is 2.11. The third-order valence-corrected chi connectivity index (χ3v) is 5.02. The number of hydrazone groups is 1. The largest absolute Gasteiger partial charge is 0.276 e. The van der Waals surface area contributed by atoms with E-state index in [1.165, 1.54) is 29.7 Å². The topological polar surface area (TPSA) is 58.5 Å². The molecular weight excluding hydrogens is 372 g/mol. The molecule has 1 N–H and O–H groups in total. The molecular formula is C11H8BrClN2O2S2. The summed E-state index contributed by atoms with van der Waals surface area (Å²) < 4.78 is 25.2. The predicted molar refractivity (Wildman–Crippen MR) is 81.4 cm³/mol. The van der Waals surface area contributed by atoms with Crippen LogP contribution >= 0.6 is 38.9 Å². The van der Waals surface area contributed by atoms with E-state index in [9.17, 15) is 8.42 Å². The number of halogens is 2. The van der Waals surface area contributed by atoms with Gasteiger partial charge in [0.25, 0.3) is 10.0 Å². The zero-order valence-electron chi connectivity index (χ0n) is 9.38. The van der Waals surface area contributed by atoms with E-state index in [2.05, 4.69) is 25.9 Å². The Balaban J connectivity index is 2.09. The normalized spacial score (nSPS) is 11.9. The van der Waals surface area contributed by atoms with Crippen molar-refractivity contribution in [2.75, 3.05) is 0 Å². The number of hydrogen-bond acceptors (Lipinski definition) is 4. The van der Waals surface area contributed by atoms with Gasteiger partial charge in [-0.15, -0.1) is 11.3 Å². The van der Waals surface area contributed by atoms with Crippen molar-refractivity contribution < 1.29 is 8.42 Å². The zero-order valence-corrected chi connectivity index (χ0v) is 13.4. The molecule has 0 aliphatic heterocycles. The molecule has 0 radical (unpaired) electrons. The molecule has 0 atom stereocenters. The van der Waals surface area contributed by atoms with E-state index in [1.54, 1.807) is 24.3 Å². The van der Waals surface area contributed by atoms with E-state index in [-0.39, 0.29) is 4.90 Å². The Hall–Kier alpha value is -0.890. The summed E-state index contributed by atoms with van der Waals surface area (Å²) in [5.74, 6) is 0. The van der Waals surface area contributed by atoms with Gasteiger partial charge in [0.15, 0.2) is 0 Å². The molecule has 0 aliphatic rings. The molecule has 100 valence electrons. The van der Waals surface area contributed by atoms with Crippen molar-refractivity contribution in [1.29, 1.82) is 0 Å². The molecule has 0 fully saturated rings. The maximum atomic E-state index is 11.9. The Bertz CT molecular complexity index is 696. The number of nitrogens with one attached hydrogen (secondary N) is 1. The number of hydrogen-bond donors (Lipinski definition) is 1. The van der Waals surface area contributed by atoms with Crippen LogP contribution in [0.2, 0.25) is 4.34 Å². The summed E-state index contributed by atoms with van der Waals surface area (Å²) in [4.78, 5) is 3.06. The molecule has 8 heteroatoms. The number of benzene rings is 1. The summed E-state index contributed by atoms with van der Waals surface area (Å²) in [5, 5.41) is 3.70. The van der Waals surface area contributed by atoms with Gasteiger partial charge in [-0.1, -0.05) is 27.5 Å². The van der Waals surface area contributed by atoms with E-state index in [0.717, 1.165) is 9.35 Å². The Morgan fingerprint density at radius 1 is 1.21 bits per heavy atom. The quantitative estimate of drug-likeness (QED) is 0.653. The number of nitrogens with zero attached hydrogens (tertiary/aromatic N) is 1. The average Bonchev–Trinajstić information content (AvgIpc) is 2.75. The van der Waals surface area contributed by atoms with Gasteiger partial charge in [-0.3, -0.25) is 0 Å².